The fourth-order valence-electron chi connectivity index (χ4n) is 0.770. The quantitative estimate of drug-likeness (QED) is 0.329. The number of hydrogen-bond donors (Lipinski definition) is 0. The van der Waals surface area contributed by atoms with Crippen LogP contribution in [0.5, 0.6) is 0 Å². The molecule has 0 N–H and O–H groups in total. The molecule has 0 rings (SSSR count). The molecule has 0 aromatic heterocycles. The molecule has 8 heavy (non-hydrogen) atoms. The molecule has 0 nitrogen and oxygen atoms in total. The van der Waals surface area contributed by atoms with Gasteiger partial charge in [-0.1, -0.05) is 27.7 Å². The van der Waals surface area contributed by atoms with Crippen LogP contribution in [0.3, 0.4) is 0 Å². The molecular weight excluding hydrogens is 91.0 g/mol. The van der Waals surface area contributed by atoms with Crippen molar-refractivity contribution in [2.75, 3.05) is 0 Å². The van der Waals surface area contributed by atoms with Gasteiger partial charge in [-0.05, 0) is 0 Å². The van der Waals surface area contributed by atoms with Gasteiger partial charge in [-0.25, -0.2) is 0 Å². The average Bonchev–Trinajstić information content (AvgIpc) is 1.27. The van der Waals surface area contributed by atoms with Gasteiger partial charge in [0.2, 0.25) is 0 Å². The van der Waals surface area contributed by atoms with E-state index in [2.05, 4.69) is 34.1 Å². The van der Waals surface area contributed by atoms with Gasteiger partial charge in [-0.15, -0.1) is 0 Å². The molecule has 0 fully saturated rings. The minimum absolute atomic E-state index is 0. The Morgan fingerprint density at radius 1 is 0.875 bits per heavy atom. The average molecular weight is 106 g/mol. The summed E-state index contributed by atoms with van der Waals surface area (Å²) in [5.74, 6) is 1.50. The monoisotopic (exact) mass is 106 g/mol. The Morgan fingerprint density at radius 2 is 1.12 bits per heavy atom. The van der Waals surface area contributed by atoms with Crippen molar-refractivity contribution in [3.8, 4) is 0 Å². The maximum Gasteiger partial charge on any atom is 1.00 e. The van der Waals surface area contributed by atoms with Gasteiger partial charge in [0.25, 0.3) is 0 Å². The molecule has 44 valence electrons. The minimum atomic E-state index is 0. The molecule has 1 heteroatoms. The van der Waals surface area contributed by atoms with E-state index in [1.807, 2.05) is 0 Å². The third kappa shape index (κ3) is 9.78. The summed E-state index contributed by atoms with van der Waals surface area (Å²) in [6.07, 6.45) is 2.33. The molecule has 0 aliphatic carbocycles. The second-order valence-electron chi connectivity index (χ2n) is 2.68. The van der Waals surface area contributed by atoms with Gasteiger partial charge in [0, 0.05) is 0 Å². The first-order valence-electron chi connectivity index (χ1n) is 2.98. The van der Waals surface area contributed by atoms with Crippen LogP contribution in [0.1, 0.15) is 27.7 Å². The standard InChI is InChI=1S/C7H15.Li/c1-6(2)5-7(3)4;/h5-7H,1-4H3;/q-1;+1. The SMILES string of the molecule is CC(C)[CH-]C(C)C.[Li+]. The largest absolute Gasteiger partial charge is 1.00 e. The zero-order valence-corrected chi connectivity index (χ0v) is 6.73. The van der Waals surface area contributed by atoms with E-state index in [-0.39, 0.29) is 18.9 Å². The van der Waals surface area contributed by atoms with E-state index in [1.165, 1.54) is 0 Å². The number of rotatable bonds is 2. The van der Waals surface area contributed by atoms with Crippen molar-refractivity contribution >= 4 is 0 Å². The first-order chi connectivity index (χ1) is 3.13. The zero-order valence-electron chi connectivity index (χ0n) is 6.73. The van der Waals surface area contributed by atoms with Crippen LogP contribution in [-0.4, -0.2) is 0 Å². The van der Waals surface area contributed by atoms with Crippen molar-refractivity contribution in [2.45, 2.75) is 27.7 Å². The molecule has 0 amide bonds. The molecule has 0 unspecified atom stereocenters. The molecule has 0 saturated carbocycles. The van der Waals surface area contributed by atoms with Crippen LogP contribution in [0, 0.1) is 18.3 Å². The van der Waals surface area contributed by atoms with Crippen molar-refractivity contribution in [3.05, 3.63) is 6.42 Å². The van der Waals surface area contributed by atoms with Gasteiger partial charge in [0.1, 0.15) is 0 Å². The van der Waals surface area contributed by atoms with Crippen molar-refractivity contribution in [1.82, 2.24) is 0 Å². The van der Waals surface area contributed by atoms with Crippen molar-refractivity contribution in [1.29, 1.82) is 0 Å². The third-order valence-electron chi connectivity index (χ3n) is 0.770. The van der Waals surface area contributed by atoms with E-state index in [0.29, 0.717) is 0 Å². The second-order valence-corrected chi connectivity index (χ2v) is 2.68. The van der Waals surface area contributed by atoms with Crippen LogP contribution in [0.15, 0.2) is 0 Å². The summed E-state index contributed by atoms with van der Waals surface area (Å²) < 4.78 is 0. The van der Waals surface area contributed by atoms with Crippen molar-refractivity contribution < 1.29 is 18.9 Å². The number of hydrogen-bond acceptors (Lipinski definition) is 0. The topological polar surface area (TPSA) is 0 Å². The van der Waals surface area contributed by atoms with Crippen molar-refractivity contribution in [3.63, 3.8) is 0 Å². The summed E-state index contributed by atoms with van der Waals surface area (Å²) in [5.41, 5.74) is 0. The van der Waals surface area contributed by atoms with Gasteiger partial charge in [0.15, 0.2) is 0 Å². The molecule has 0 aromatic rings. The first kappa shape index (κ1) is 11.4. The third-order valence-corrected chi connectivity index (χ3v) is 0.770. The molecule has 0 bridgehead atoms. The molecular formula is C7H15Li. The smallest absolute Gasteiger partial charge is 0.323 e. The molecule has 0 spiro atoms. The molecule has 0 saturated heterocycles. The predicted molar refractivity (Wildman–Crippen MR) is 34.0 cm³/mol. The summed E-state index contributed by atoms with van der Waals surface area (Å²) in [4.78, 5) is 0. The Labute approximate surface area is 65.2 Å². The van der Waals surface area contributed by atoms with Gasteiger partial charge in [0.05, 0.1) is 0 Å². The normalized spacial score (nSPS) is 9.75. The Kier molecular flexibility index (Phi) is 8.16. The summed E-state index contributed by atoms with van der Waals surface area (Å²) in [5, 5.41) is 0. The van der Waals surface area contributed by atoms with E-state index in [0.717, 1.165) is 11.8 Å². The molecule has 0 aliphatic heterocycles. The fraction of sp³-hybridized carbons (Fsp3) is 0.857. The van der Waals surface area contributed by atoms with Crippen LogP contribution in [0.25, 0.3) is 0 Å². The second kappa shape index (κ2) is 5.73. The zero-order chi connectivity index (χ0) is 5.86. The molecule has 0 heterocycles. The van der Waals surface area contributed by atoms with Gasteiger partial charge >= 0.3 is 18.9 Å². The summed E-state index contributed by atoms with van der Waals surface area (Å²) in [7, 11) is 0. The summed E-state index contributed by atoms with van der Waals surface area (Å²) in [6, 6.07) is 0. The Hall–Kier alpha value is 0.597. The molecule has 0 radical (unpaired) electrons. The van der Waals surface area contributed by atoms with E-state index >= 15 is 0 Å². The van der Waals surface area contributed by atoms with E-state index in [1.54, 1.807) is 0 Å². The van der Waals surface area contributed by atoms with Crippen LogP contribution in [-0.2, 0) is 0 Å². The van der Waals surface area contributed by atoms with Crippen LogP contribution in [0.4, 0.5) is 0 Å². The predicted octanol–water partition coefficient (Wildman–Crippen LogP) is -0.493. The maximum atomic E-state index is 2.33. The van der Waals surface area contributed by atoms with Gasteiger partial charge < -0.3 is 6.42 Å². The van der Waals surface area contributed by atoms with Crippen molar-refractivity contribution in [2.24, 2.45) is 11.8 Å². The van der Waals surface area contributed by atoms with E-state index in [4.69, 9.17) is 0 Å². The van der Waals surface area contributed by atoms with Crippen LogP contribution >= 0.6 is 0 Å². The minimum Gasteiger partial charge on any atom is -0.323 e. The van der Waals surface area contributed by atoms with E-state index in [9.17, 15) is 0 Å². The van der Waals surface area contributed by atoms with Gasteiger partial charge in [-0.2, -0.15) is 11.8 Å². The maximum absolute atomic E-state index is 2.33. The van der Waals surface area contributed by atoms with Gasteiger partial charge in [-0.3, -0.25) is 0 Å². The Morgan fingerprint density at radius 3 is 1.12 bits per heavy atom. The molecule has 0 aromatic carbocycles. The molecule has 0 atom stereocenters. The van der Waals surface area contributed by atoms with Crippen LogP contribution in [0.2, 0.25) is 0 Å². The van der Waals surface area contributed by atoms with Crippen LogP contribution < -0.4 is 18.9 Å². The fourth-order valence-corrected chi connectivity index (χ4v) is 0.770. The Balaban J connectivity index is 0. The first-order valence-corrected chi connectivity index (χ1v) is 2.98. The van der Waals surface area contributed by atoms with E-state index < -0.39 is 0 Å². The Bertz CT molecular complexity index is 33.7. The summed E-state index contributed by atoms with van der Waals surface area (Å²) >= 11 is 0. The summed E-state index contributed by atoms with van der Waals surface area (Å²) in [6.45, 7) is 8.83. The molecule has 0 aliphatic rings.